The predicted octanol–water partition coefficient (Wildman–Crippen LogP) is 1.96. The molecule has 0 atom stereocenters. The lowest BCUT2D eigenvalue weighted by Gasteiger charge is -2.02. The van der Waals surface area contributed by atoms with Crippen LogP contribution in [-0.4, -0.2) is 28.8 Å². The van der Waals surface area contributed by atoms with Gasteiger partial charge in [0.15, 0.2) is 0 Å². The molecule has 0 spiro atoms. The van der Waals surface area contributed by atoms with Crippen molar-refractivity contribution < 1.29 is 0 Å². The van der Waals surface area contributed by atoms with E-state index in [2.05, 4.69) is 22.2 Å². The van der Waals surface area contributed by atoms with Gasteiger partial charge in [-0.3, -0.25) is 0 Å². The molecule has 1 heterocycles. The van der Waals surface area contributed by atoms with Gasteiger partial charge < -0.3 is 5.32 Å². The second-order valence-corrected chi connectivity index (χ2v) is 4.11. The van der Waals surface area contributed by atoms with E-state index in [-0.39, 0.29) is 0 Å². The number of aromatic nitrogens is 2. The van der Waals surface area contributed by atoms with Crippen LogP contribution >= 0.6 is 11.8 Å². The smallest absolute Gasteiger partial charge is 0.116 e. The van der Waals surface area contributed by atoms with Crippen molar-refractivity contribution in [1.82, 2.24) is 15.3 Å². The molecule has 4 heteroatoms. The Morgan fingerprint density at radius 3 is 3.07 bits per heavy atom. The first-order valence-electron chi connectivity index (χ1n) is 5.03. The molecule has 78 valence electrons. The van der Waals surface area contributed by atoms with Crippen molar-refractivity contribution in [3.8, 4) is 0 Å². The van der Waals surface area contributed by atoms with Crippen molar-refractivity contribution in [3.63, 3.8) is 0 Å². The van der Waals surface area contributed by atoms with Crippen LogP contribution < -0.4 is 5.32 Å². The third kappa shape index (κ3) is 5.19. The van der Waals surface area contributed by atoms with E-state index in [9.17, 15) is 0 Å². The standard InChI is InChI=1S/C10H17N3S/c1-2-3-5-11-7-8-14-10-4-6-12-9-13-10/h4,6,9,11H,2-3,5,7-8H2,1H3. The van der Waals surface area contributed by atoms with Crippen LogP contribution in [0.15, 0.2) is 23.6 Å². The fourth-order valence-electron chi connectivity index (χ4n) is 1.02. The molecule has 0 unspecified atom stereocenters. The molecule has 14 heavy (non-hydrogen) atoms. The van der Waals surface area contributed by atoms with Gasteiger partial charge in [-0.15, -0.1) is 11.8 Å². The van der Waals surface area contributed by atoms with E-state index in [0.29, 0.717) is 0 Å². The number of nitrogens with one attached hydrogen (secondary N) is 1. The Bertz CT molecular complexity index is 228. The number of thioether (sulfide) groups is 1. The Morgan fingerprint density at radius 2 is 2.36 bits per heavy atom. The summed E-state index contributed by atoms with van der Waals surface area (Å²) in [7, 11) is 0. The normalized spacial score (nSPS) is 10.4. The van der Waals surface area contributed by atoms with Gasteiger partial charge in [-0.05, 0) is 19.0 Å². The lowest BCUT2D eigenvalue weighted by molar-refractivity contribution is 0.666. The Labute approximate surface area is 89.7 Å². The Morgan fingerprint density at radius 1 is 1.43 bits per heavy atom. The molecule has 0 aliphatic heterocycles. The van der Waals surface area contributed by atoms with Gasteiger partial charge in [-0.1, -0.05) is 13.3 Å². The topological polar surface area (TPSA) is 37.8 Å². The fourth-order valence-corrected chi connectivity index (χ4v) is 1.75. The zero-order valence-corrected chi connectivity index (χ0v) is 9.39. The highest BCUT2D eigenvalue weighted by molar-refractivity contribution is 7.99. The maximum Gasteiger partial charge on any atom is 0.116 e. The maximum absolute atomic E-state index is 4.14. The first-order chi connectivity index (χ1) is 6.93. The molecule has 0 aliphatic carbocycles. The summed E-state index contributed by atoms with van der Waals surface area (Å²) in [6.07, 6.45) is 5.89. The molecule has 1 rings (SSSR count). The molecule has 0 fully saturated rings. The van der Waals surface area contributed by atoms with Crippen molar-refractivity contribution in [2.24, 2.45) is 0 Å². The summed E-state index contributed by atoms with van der Waals surface area (Å²) in [4.78, 5) is 8.01. The largest absolute Gasteiger partial charge is 0.316 e. The van der Waals surface area contributed by atoms with Crippen LogP contribution in [0, 0.1) is 0 Å². The van der Waals surface area contributed by atoms with Crippen LogP contribution in [0.25, 0.3) is 0 Å². The second-order valence-electron chi connectivity index (χ2n) is 3.00. The van der Waals surface area contributed by atoms with Crippen LogP contribution in [0.2, 0.25) is 0 Å². The second kappa shape index (κ2) is 7.76. The van der Waals surface area contributed by atoms with Gasteiger partial charge in [0.25, 0.3) is 0 Å². The summed E-state index contributed by atoms with van der Waals surface area (Å²) in [5.74, 6) is 1.07. The molecular weight excluding hydrogens is 194 g/mol. The SMILES string of the molecule is CCCCNCCSc1ccncn1. The molecule has 0 radical (unpaired) electrons. The number of hydrogen-bond acceptors (Lipinski definition) is 4. The third-order valence-electron chi connectivity index (χ3n) is 1.79. The summed E-state index contributed by atoms with van der Waals surface area (Å²) < 4.78 is 0. The monoisotopic (exact) mass is 211 g/mol. The van der Waals surface area contributed by atoms with Crippen molar-refractivity contribution in [3.05, 3.63) is 18.6 Å². The fraction of sp³-hybridized carbons (Fsp3) is 0.600. The molecule has 0 aromatic carbocycles. The van der Waals surface area contributed by atoms with Crippen molar-refractivity contribution >= 4 is 11.8 Å². The number of unbranched alkanes of at least 4 members (excludes halogenated alkanes) is 1. The highest BCUT2D eigenvalue weighted by Crippen LogP contribution is 2.11. The molecule has 1 aromatic heterocycles. The van der Waals surface area contributed by atoms with E-state index >= 15 is 0 Å². The summed E-state index contributed by atoms with van der Waals surface area (Å²) in [5, 5.41) is 4.45. The average molecular weight is 211 g/mol. The number of hydrogen-bond donors (Lipinski definition) is 1. The number of nitrogens with zero attached hydrogens (tertiary/aromatic N) is 2. The van der Waals surface area contributed by atoms with Crippen LogP contribution in [0.3, 0.4) is 0 Å². The molecule has 0 saturated carbocycles. The van der Waals surface area contributed by atoms with E-state index < -0.39 is 0 Å². The van der Waals surface area contributed by atoms with Gasteiger partial charge in [0.1, 0.15) is 6.33 Å². The first kappa shape index (κ1) is 11.5. The molecule has 3 nitrogen and oxygen atoms in total. The molecule has 0 aliphatic rings. The lowest BCUT2D eigenvalue weighted by atomic mass is 10.3. The molecule has 1 N–H and O–H groups in total. The minimum absolute atomic E-state index is 1.05. The summed E-state index contributed by atoms with van der Waals surface area (Å²) in [6.45, 7) is 4.38. The van der Waals surface area contributed by atoms with Gasteiger partial charge in [-0.2, -0.15) is 0 Å². The third-order valence-corrected chi connectivity index (χ3v) is 2.74. The van der Waals surface area contributed by atoms with E-state index in [1.165, 1.54) is 12.8 Å². The maximum atomic E-state index is 4.14. The lowest BCUT2D eigenvalue weighted by Crippen LogP contribution is -2.18. The van der Waals surface area contributed by atoms with E-state index in [1.54, 1.807) is 24.3 Å². The highest BCUT2D eigenvalue weighted by Gasteiger charge is 1.93. The van der Waals surface area contributed by atoms with Gasteiger partial charge in [0, 0.05) is 18.5 Å². The first-order valence-corrected chi connectivity index (χ1v) is 6.01. The summed E-state index contributed by atoms with van der Waals surface area (Å²) in [6, 6.07) is 1.94. The molecule has 1 aromatic rings. The van der Waals surface area contributed by atoms with Crippen LogP contribution in [0.1, 0.15) is 19.8 Å². The predicted molar refractivity (Wildman–Crippen MR) is 60.5 cm³/mol. The van der Waals surface area contributed by atoms with Crippen molar-refractivity contribution in [2.45, 2.75) is 24.8 Å². The van der Waals surface area contributed by atoms with Gasteiger partial charge >= 0.3 is 0 Å². The minimum Gasteiger partial charge on any atom is -0.316 e. The molecular formula is C10H17N3S. The summed E-state index contributed by atoms with van der Waals surface area (Å²) in [5.41, 5.74) is 0. The van der Waals surface area contributed by atoms with E-state index in [4.69, 9.17) is 0 Å². The quantitative estimate of drug-likeness (QED) is 0.425. The minimum atomic E-state index is 1.05. The van der Waals surface area contributed by atoms with Gasteiger partial charge in [0.2, 0.25) is 0 Å². The summed E-state index contributed by atoms with van der Waals surface area (Å²) >= 11 is 1.76. The van der Waals surface area contributed by atoms with Crippen LogP contribution in [0.5, 0.6) is 0 Å². The van der Waals surface area contributed by atoms with E-state index in [0.717, 1.165) is 23.9 Å². The highest BCUT2D eigenvalue weighted by atomic mass is 32.2. The zero-order chi connectivity index (χ0) is 10.1. The Kier molecular flexibility index (Phi) is 6.36. The number of rotatable bonds is 7. The average Bonchev–Trinajstić information content (AvgIpc) is 2.25. The Balaban J connectivity index is 1.99. The van der Waals surface area contributed by atoms with E-state index in [1.807, 2.05) is 6.07 Å². The Hall–Kier alpha value is -0.610. The molecule has 0 bridgehead atoms. The van der Waals surface area contributed by atoms with Gasteiger partial charge in [-0.25, -0.2) is 9.97 Å². The van der Waals surface area contributed by atoms with Crippen molar-refractivity contribution in [1.29, 1.82) is 0 Å². The van der Waals surface area contributed by atoms with Crippen molar-refractivity contribution in [2.75, 3.05) is 18.8 Å². The van der Waals surface area contributed by atoms with Crippen LogP contribution in [-0.2, 0) is 0 Å². The van der Waals surface area contributed by atoms with Gasteiger partial charge in [0.05, 0.1) is 5.03 Å². The zero-order valence-electron chi connectivity index (χ0n) is 8.57. The van der Waals surface area contributed by atoms with Crippen LogP contribution in [0.4, 0.5) is 0 Å². The molecule has 0 amide bonds. The molecule has 0 saturated heterocycles.